The monoisotopic (exact) mass is 312 g/mol. The number of benzene rings is 2. The van der Waals surface area contributed by atoms with Crippen LogP contribution in [-0.2, 0) is 5.54 Å². The molecule has 0 saturated heterocycles. The molecule has 0 aliphatic rings. The fourth-order valence-corrected chi connectivity index (χ4v) is 3.25. The number of aromatic nitrogens is 4. The lowest BCUT2D eigenvalue weighted by Crippen LogP contribution is -2.37. The Hall–Kier alpha value is -3.27. The van der Waals surface area contributed by atoms with Crippen molar-refractivity contribution in [3.8, 4) is 0 Å². The molecule has 24 heavy (non-hydrogen) atoms. The van der Waals surface area contributed by atoms with E-state index >= 15 is 0 Å². The molecule has 0 aliphatic heterocycles. The molecule has 2 aromatic carbocycles. The second kappa shape index (κ2) is 6.08. The van der Waals surface area contributed by atoms with E-state index in [2.05, 4.69) is 43.8 Å². The predicted molar refractivity (Wildman–Crippen MR) is 92.4 cm³/mol. The Balaban J connectivity index is 2.12. The van der Waals surface area contributed by atoms with E-state index in [-0.39, 0.29) is 0 Å². The van der Waals surface area contributed by atoms with Crippen molar-refractivity contribution in [3.63, 3.8) is 0 Å². The van der Waals surface area contributed by atoms with Crippen LogP contribution < -0.4 is 0 Å². The summed E-state index contributed by atoms with van der Waals surface area (Å²) in [5.41, 5.74) is 2.67. The van der Waals surface area contributed by atoms with E-state index in [1.165, 1.54) is 0 Å². The van der Waals surface area contributed by atoms with Crippen molar-refractivity contribution < 1.29 is 0 Å². The third kappa shape index (κ3) is 2.20. The first-order valence-electron chi connectivity index (χ1n) is 7.77. The first kappa shape index (κ1) is 14.3. The van der Waals surface area contributed by atoms with Gasteiger partial charge in [-0.1, -0.05) is 60.7 Å². The normalized spacial score (nSPS) is 11.3. The molecule has 0 N–H and O–H groups in total. The Morgan fingerprint density at radius 3 is 1.75 bits per heavy atom. The van der Waals surface area contributed by atoms with Crippen molar-refractivity contribution in [1.82, 2.24) is 19.5 Å². The second-order valence-electron chi connectivity index (χ2n) is 5.54. The summed E-state index contributed by atoms with van der Waals surface area (Å²) in [7, 11) is 0. The molecule has 0 fully saturated rings. The van der Waals surface area contributed by atoms with Crippen LogP contribution in [-0.4, -0.2) is 19.5 Å². The fraction of sp³-hybridized carbons (Fsp3) is 0.0500. The Labute approximate surface area is 140 Å². The molecule has 116 valence electrons. The van der Waals surface area contributed by atoms with Crippen LogP contribution >= 0.6 is 0 Å². The van der Waals surface area contributed by atoms with Gasteiger partial charge in [-0.15, -0.1) is 0 Å². The van der Waals surface area contributed by atoms with E-state index in [4.69, 9.17) is 0 Å². The van der Waals surface area contributed by atoms with Crippen molar-refractivity contribution in [3.05, 3.63) is 115 Å². The minimum atomic E-state index is -0.569. The number of nitrogens with zero attached hydrogens (tertiary/aromatic N) is 4. The van der Waals surface area contributed by atoms with Gasteiger partial charge in [-0.2, -0.15) is 0 Å². The summed E-state index contributed by atoms with van der Waals surface area (Å²) in [6.45, 7) is 0. The van der Waals surface area contributed by atoms with E-state index in [9.17, 15) is 0 Å². The molecule has 0 radical (unpaired) electrons. The molecule has 4 heteroatoms. The van der Waals surface area contributed by atoms with Gasteiger partial charge < -0.3 is 4.57 Å². The van der Waals surface area contributed by atoms with E-state index in [0.29, 0.717) is 0 Å². The average Bonchev–Trinajstić information content (AvgIpc) is 3.20. The van der Waals surface area contributed by atoms with E-state index in [0.717, 1.165) is 16.7 Å². The van der Waals surface area contributed by atoms with Crippen molar-refractivity contribution in [2.75, 3.05) is 0 Å². The SMILES string of the molecule is c1ccc(C(c2ccccc2)(c2cncnc2)n2ccnc2)cc1. The maximum absolute atomic E-state index is 4.29. The largest absolute Gasteiger partial charge is 0.319 e. The Morgan fingerprint density at radius 2 is 1.25 bits per heavy atom. The molecule has 0 saturated carbocycles. The minimum absolute atomic E-state index is 0.569. The maximum atomic E-state index is 4.29. The highest BCUT2D eigenvalue weighted by atomic mass is 15.1. The summed E-state index contributed by atoms with van der Waals surface area (Å²) in [6.07, 6.45) is 10.9. The third-order valence-corrected chi connectivity index (χ3v) is 4.25. The number of rotatable bonds is 4. The van der Waals surface area contributed by atoms with Crippen molar-refractivity contribution >= 4 is 0 Å². The van der Waals surface area contributed by atoms with Crippen LogP contribution in [0.3, 0.4) is 0 Å². The summed E-state index contributed by atoms with van der Waals surface area (Å²) in [6, 6.07) is 20.7. The van der Waals surface area contributed by atoms with Gasteiger partial charge in [0.1, 0.15) is 11.9 Å². The molecule has 0 amide bonds. The van der Waals surface area contributed by atoms with Crippen molar-refractivity contribution in [2.24, 2.45) is 0 Å². The van der Waals surface area contributed by atoms with Crippen LogP contribution in [0.1, 0.15) is 16.7 Å². The fourth-order valence-electron chi connectivity index (χ4n) is 3.25. The van der Waals surface area contributed by atoms with Gasteiger partial charge in [-0.05, 0) is 11.1 Å². The zero-order chi connectivity index (χ0) is 16.2. The summed E-state index contributed by atoms with van der Waals surface area (Å²) in [5, 5.41) is 0. The lowest BCUT2D eigenvalue weighted by Gasteiger charge is -2.36. The lowest BCUT2D eigenvalue weighted by atomic mass is 9.78. The standard InChI is InChI=1S/C20H16N4/c1-3-7-17(8-4-1)20(24-12-11-21-16-24,18-9-5-2-6-10-18)19-13-22-15-23-14-19/h1-16H. The zero-order valence-electron chi connectivity index (χ0n) is 13.0. The minimum Gasteiger partial charge on any atom is -0.319 e. The number of hydrogen-bond donors (Lipinski definition) is 0. The Kier molecular flexibility index (Phi) is 3.63. The van der Waals surface area contributed by atoms with Gasteiger partial charge in [-0.3, -0.25) is 0 Å². The molecule has 2 aromatic heterocycles. The van der Waals surface area contributed by atoms with E-state index in [1.807, 2.05) is 61.3 Å². The summed E-state index contributed by atoms with van der Waals surface area (Å²) < 4.78 is 2.11. The molecule has 0 spiro atoms. The molecule has 0 bridgehead atoms. The average molecular weight is 312 g/mol. The molecule has 0 aliphatic carbocycles. The lowest BCUT2D eigenvalue weighted by molar-refractivity contribution is 0.510. The van der Waals surface area contributed by atoms with Crippen LogP contribution in [0.4, 0.5) is 0 Å². The van der Waals surface area contributed by atoms with Gasteiger partial charge in [0.25, 0.3) is 0 Å². The quantitative estimate of drug-likeness (QED) is 0.579. The first-order valence-corrected chi connectivity index (χ1v) is 7.77. The van der Waals surface area contributed by atoms with Gasteiger partial charge >= 0.3 is 0 Å². The van der Waals surface area contributed by atoms with Gasteiger partial charge in [0.15, 0.2) is 0 Å². The molecule has 4 aromatic rings. The van der Waals surface area contributed by atoms with Crippen LogP contribution in [0.15, 0.2) is 98.1 Å². The summed E-state index contributed by atoms with van der Waals surface area (Å²) >= 11 is 0. The van der Waals surface area contributed by atoms with Gasteiger partial charge in [0, 0.05) is 30.4 Å². The van der Waals surface area contributed by atoms with Crippen LogP contribution in [0.5, 0.6) is 0 Å². The molecular weight excluding hydrogens is 296 g/mol. The highest BCUT2D eigenvalue weighted by Gasteiger charge is 2.38. The van der Waals surface area contributed by atoms with Crippen LogP contribution in [0.25, 0.3) is 0 Å². The molecular formula is C20H16N4. The molecule has 0 atom stereocenters. The maximum Gasteiger partial charge on any atom is 0.124 e. The summed E-state index contributed by atoms with van der Waals surface area (Å²) in [5.74, 6) is 0. The first-order chi connectivity index (χ1) is 11.9. The van der Waals surface area contributed by atoms with Crippen molar-refractivity contribution in [1.29, 1.82) is 0 Å². The van der Waals surface area contributed by atoms with E-state index in [1.54, 1.807) is 12.5 Å². The van der Waals surface area contributed by atoms with Crippen LogP contribution in [0.2, 0.25) is 0 Å². The summed E-state index contributed by atoms with van der Waals surface area (Å²) in [4.78, 5) is 12.8. The molecule has 0 unspecified atom stereocenters. The second-order valence-corrected chi connectivity index (χ2v) is 5.54. The van der Waals surface area contributed by atoms with Gasteiger partial charge in [-0.25, -0.2) is 15.0 Å². The predicted octanol–water partition coefficient (Wildman–Crippen LogP) is 3.51. The van der Waals surface area contributed by atoms with Crippen molar-refractivity contribution in [2.45, 2.75) is 5.54 Å². The molecule has 4 rings (SSSR count). The van der Waals surface area contributed by atoms with Gasteiger partial charge in [0.2, 0.25) is 0 Å². The Morgan fingerprint density at radius 1 is 0.667 bits per heavy atom. The number of imidazole rings is 1. The molecule has 4 nitrogen and oxygen atoms in total. The highest BCUT2D eigenvalue weighted by molar-refractivity contribution is 5.49. The zero-order valence-corrected chi connectivity index (χ0v) is 13.0. The van der Waals surface area contributed by atoms with Crippen LogP contribution in [0, 0.1) is 0 Å². The highest BCUT2D eigenvalue weighted by Crippen LogP contribution is 2.39. The van der Waals surface area contributed by atoms with Gasteiger partial charge in [0.05, 0.1) is 6.33 Å². The molecule has 2 heterocycles. The van der Waals surface area contributed by atoms with E-state index < -0.39 is 5.54 Å². The Bertz CT molecular complexity index is 792. The topological polar surface area (TPSA) is 43.6 Å². The third-order valence-electron chi connectivity index (χ3n) is 4.25. The smallest absolute Gasteiger partial charge is 0.124 e. The number of hydrogen-bond acceptors (Lipinski definition) is 3.